The topological polar surface area (TPSA) is 48.5 Å². The summed E-state index contributed by atoms with van der Waals surface area (Å²) in [6.45, 7) is 6.71. The highest BCUT2D eigenvalue weighted by Gasteiger charge is 2.21. The number of pyridine rings is 1. The molecule has 1 N–H and O–H groups in total. The Morgan fingerprint density at radius 1 is 1.03 bits per heavy atom. The van der Waals surface area contributed by atoms with Gasteiger partial charge in [0, 0.05) is 50.7 Å². The van der Waals surface area contributed by atoms with E-state index in [0.29, 0.717) is 5.92 Å². The first-order valence-electron chi connectivity index (χ1n) is 10.5. The van der Waals surface area contributed by atoms with Crippen LogP contribution in [0.25, 0.3) is 0 Å². The van der Waals surface area contributed by atoms with Gasteiger partial charge in [-0.05, 0) is 73.7 Å². The molecule has 1 amide bonds. The van der Waals surface area contributed by atoms with Gasteiger partial charge in [-0.25, -0.2) is 0 Å². The quantitative estimate of drug-likeness (QED) is 0.757. The number of nitrogens with zero attached hydrogens (tertiary/aromatic N) is 3. The van der Waals surface area contributed by atoms with Gasteiger partial charge in [0.2, 0.25) is 0 Å². The Labute approximate surface area is 192 Å². The van der Waals surface area contributed by atoms with Crippen LogP contribution in [0.1, 0.15) is 34.3 Å². The molecule has 2 aromatic rings. The summed E-state index contributed by atoms with van der Waals surface area (Å²) in [6, 6.07) is 12.4. The van der Waals surface area contributed by atoms with Crippen LogP contribution in [-0.2, 0) is 13.0 Å². The van der Waals surface area contributed by atoms with Crippen molar-refractivity contribution in [1.29, 1.82) is 0 Å². The zero-order valence-electron chi connectivity index (χ0n) is 17.3. The summed E-state index contributed by atoms with van der Waals surface area (Å²) in [5.74, 6) is 0.877. The fourth-order valence-corrected chi connectivity index (χ4v) is 4.31. The maximum absolute atomic E-state index is 13.1. The third-order valence-corrected chi connectivity index (χ3v) is 5.89. The Balaban J connectivity index is 0.00000160. The van der Waals surface area contributed by atoms with E-state index in [9.17, 15) is 4.79 Å². The van der Waals surface area contributed by atoms with E-state index in [-0.39, 0.29) is 30.7 Å². The Bertz CT molecular complexity index is 784. The Morgan fingerprint density at radius 2 is 1.87 bits per heavy atom. The van der Waals surface area contributed by atoms with Crippen LogP contribution in [0.3, 0.4) is 0 Å². The second kappa shape index (κ2) is 12.3. The minimum Gasteiger partial charge on any atom is -0.337 e. The summed E-state index contributed by atoms with van der Waals surface area (Å²) in [5, 5.41) is 3.43. The van der Waals surface area contributed by atoms with Crippen molar-refractivity contribution in [2.75, 3.05) is 39.3 Å². The number of nitrogens with one attached hydrogen (secondary N) is 1. The molecule has 1 aromatic carbocycles. The molecule has 5 nitrogen and oxygen atoms in total. The van der Waals surface area contributed by atoms with E-state index in [4.69, 9.17) is 0 Å². The summed E-state index contributed by atoms with van der Waals surface area (Å²) in [4.78, 5) is 21.7. The van der Waals surface area contributed by atoms with Crippen LogP contribution in [0.4, 0.5) is 0 Å². The maximum Gasteiger partial charge on any atom is 0.253 e. The summed E-state index contributed by atoms with van der Waals surface area (Å²) in [6.07, 6.45) is 7.00. The van der Waals surface area contributed by atoms with E-state index in [1.807, 2.05) is 29.4 Å². The smallest absolute Gasteiger partial charge is 0.253 e. The molecule has 0 radical (unpaired) electrons. The lowest BCUT2D eigenvalue weighted by Gasteiger charge is -2.22. The molecule has 0 aliphatic carbocycles. The molecule has 164 valence electrons. The molecule has 30 heavy (non-hydrogen) atoms. The molecule has 1 unspecified atom stereocenters. The lowest BCUT2D eigenvalue weighted by molar-refractivity contribution is 0.0761. The summed E-state index contributed by atoms with van der Waals surface area (Å²) < 4.78 is 0. The molecule has 3 heterocycles. The molecule has 2 fully saturated rings. The molecule has 1 atom stereocenters. The molecule has 0 bridgehead atoms. The van der Waals surface area contributed by atoms with Crippen molar-refractivity contribution < 1.29 is 4.79 Å². The Hall–Kier alpha value is -1.66. The molecule has 0 saturated carbocycles. The molecule has 2 saturated heterocycles. The van der Waals surface area contributed by atoms with E-state index >= 15 is 0 Å². The van der Waals surface area contributed by atoms with E-state index in [1.54, 1.807) is 0 Å². The van der Waals surface area contributed by atoms with Crippen LogP contribution in [0.5, 0.6) is 0 Å². The van der Waals surface area contributed by atoms with Gasteiger partial charge in [0.05, 0.1) is 0 Å². The molecular formula is C23H32Cl2N4O. The van der Waals surface area contributed by atoms with Gasteiger partial charge in [-0.1, -0.05) is 12.1 Å². The highest BCUT2D eigenvalue weighted by molar-refractivity contribution is 5.94. The number of amides is 1. The third kappa shape index (κ3) is 6.67. The number of carbonyl (C=O) groups is 1. The van der Waals surface area contributed by atoms with Crippen LogP contribution < -0.4 is 5.32 Å². The highest BCUT2D eigenvalue weighted by atomic mass is 35.5. The largest absolute Gasteiger partial charge is 0.337 e. The van der Waals surface area contributed by atoms with Crippen molar-refractivity contribution in [3.8, 4) is 0 Å². The van der Waals surface area contributed by atoms with E-state index in [0.717, 1.165) is 64.2 Å². The zero-order valence-corrected chi connectivity index (χ0v) is 19.0. The lowest BCUT2D eigenvalue weighted by Crippen LogP contribution is -2.35. The number of hydrogen-bond donors (Lipinski definition) is 1. The summed E-state index contributed by atoms with van der Waals surface area (Å²) in [7, 11) is 0. The van der Waals surface area contributed by atoms with Crippen molar-refractivity contribution in [2.24, 2.45) is 5.92 Å². The number of benzene rings is 1. The second-order valence-corrected chi connectivity index (χ2v) is 8.04. The van der Waals surface area contributed by atoms with Gasteiger partial charge in [-0.2, -0.15) is 0 Å². The summed E-state index contributed by atoms with van der Waals surface area (Å²) >= 11 is 0. The van der Waals surface area contributed by atoms with Crippen molar-refractivity contribution in [3.63, 3.8) is 0 Å². The van der Waals surface area contributed by atoms with Crippen LogP contribution in [0, 0.1) is 5.92 Å². The Kier molecular flexibility index (Phi) is 10.1. The van der Waals surface area contributed by atoms with Crippen LogP contribution in [-0.4, -0.2) is 60.0 Å². The van der Waals surface area contributed by atoms with Crippen LogP contribution in [0.15, 0.2) is 48.8 Å². The predicted molar refractivity (Wildman–Crippen MR) is 126 cm³/mol. The number of aromatic nitrogens is 1. The van der Waals surface area contributed by atoms with Gasteiger partial charge in [0.1, 0.15) is 0 Å². The van der Waals surface area contributed by atoms with Gasteiger partial charge in [-0.15, -0.1) is 24.8 Å². The van der Waals surface area contributed by atoms with E-state index in [1.165, 1.54) is 17.5 Å². The molecule has 1 aromatic heterocycles. The normalized spacial score (nSPS) is 19.5. The van der Waals surface area contributed by atoms with Crippen LogP contribution in [0.2, 0.25) is 0 Å². The minimum atomic E-state index is 0. The number of carbonyl (C=O) groups excluding carboxylic acids is 1. The molecule has 7 heteroatoms. The first kappa shape index (κ1) is 24.6. The second-order valence-electron chi connectivity index (χ2n) is 8.04. The average molecular weight is 451 g/mol. The monoisotopic (exact) mass is 450 g/mol. The molecule has 0 spiro atoms. The predicted octanol–water partition coefficient (Wildman–Crippen LogP) is 3.43. The zero-order chi connectivity index (χ0) is 19.2. The molecule has 2 aliphatic rings. The lowest BCUT2D eigenvalue weighted by atomic mass is 9.97. The fourth-order valence-electron chi connectivity index (χ4n) is 4.31. The van der Waals surface area contributed by atoms with Crippen molar-refractivity contribution >= 4 is 30.7 Å². The first-order valence-corrected chi connectivity index (χ1v) is 10.5. The average Bonchev–Trinajstić information content (AvgIpc) is 3.13. The van der Waals surface area contributed by atoms with Gasteiger partial charge in [0.15, 0.2) is 0 Å². The highest BCUT2D eigenvalue weighted by Crippen LogP contribution is 2.18. The van der Waals surface area contributed by atoms with Crippen molar-refractivity contribution in [1.82, 2.24) is 20.1 Å². The minimum absolute atomic E-state index is 0. The van der Waals surface area contributed by atoms with Gasteiger partial charge in [-0.3, -0.25) is 14.7 Å². The fraction of sp³-hybridized carbons (Fsp3) is 0.478. The Morgan fingerprint density at radius 3 is 2.63 bits per heavy atom. The number of rotatable bonds is 5. The van der Waals surface area contributed by atoms with Crippen LogP contribution >= 0.6 is 24.8 Å². The number of halogens is 2. The van der Waals surface area contributed by atoms with Crippen molar-refractivity contribution in [2.45, 2.75) is 25.8 Å². The first-order chi connectivity index (χ1) is 13.8. The van der Waals surface area contributed by atoms with Gasteiger partial charge >= 0.3 is 0 Å². The van der Waals surface area contributed by atoms with Gasteiger partial charge < -0.3 is 10.2 Å². The molecule has 2 aliphatic heterocycles. The van der Waals surface area contributed by atoms with Gasteiger partial charge in [0.25, 0.3) is 5.91 Å². The third-order valence-electron chi connectivity index (χ3n) is 5.89. The molecule has 4 rings (SSSR count). The van der Waals surface area contributed by atoms with E-state index < -0.39 is 0 Å². The standard InChI is InChI=1S/C23H30N4O.2ClH/c28-23(22-4-1-3-20(16-22)15-21-7-10-25-17-21)27-12-2-11-26(13-14-27)18-19-5-8-24-9-6-19;;/h1,3-6,8-9,16,21,25H,2,7,10-15,17-18H2;2*1H. The SMILES string of the molecule is Cl.Cl.O=C(c1cccc(CC2CCNC2)c1)N1CCCN(Cc2ccncc2)CC1. The summed E-state index contributed by atoms with van der Waals surface area (Å²) in [5.41, 5.74) is 3.41. The van der Waals surface area contributed by atoms with E-state index in [2.05, 4.69) is 39.5 Å². The maximum atomic E-state index is 13.1. The number of hydrogen-bond acceptors (Lipinski definition) is 4. The molecular weight excluding hydrogens is 419 g/mol. The van der Waals surface area contributed by atoms with Crippen molar-refractivity contribution in [3.05, 3.63) is 65.5 Å².